The minimum Gasteiger partial charge on any atom is -0.486 e. The summed E-state index contributed by atoms with van der Waals surface area (Å²) in [6.07, 6.45) is 4.61. The molecule has 1 heterocycles. The van der Waals surface area contributed by atoms with Crippen molar-refractivity contribution in [3.63, 3.8) is 0 Å². The Kier molecular flexibility index (Phi) is 7.82. The molecule has 2 amide bonds. The Hall–Kier alpha value is -3.94. The van der Waals surface area contributed by atoms with E-state index in [9.17, 15) is 18.4 Å². The summed E-state index contributed by atoms with van der Waals surface area (Å²) < 4.78 is 33.4. The summed E-state index contributed by atoms with van der Waals surface area (Å²) in [4.78, 5) is 25.7. The number of carbonyl (C=O) groups excluding carboxylic acids is 1. The number of anilines is 2. The van der Waals surface area contributed by atoms with E-state index in [-0.39, 0.29) is 24.1 Å². The second-order valence-electron chi connectivity index (χ2n) is 10.5. The molecule has 0 spiro atoms. The van der Waals surface area contributed by atoms with Crippen molar-refractivity contribution in [2.45, 2.75) is 57.5 Å². The molecule has 0 bridgehead atoms. The van der Waals surface area contributed by atoms with Crippen LogP contribution >= 0.6 is 0 Å². The van der Waals surface area contributed by atoms with Crippen molar-refractivity contribution in [3.05, 3.63) is 77.9 Å². The molecule has 2 aliphatic rings. The van der Waals surface area contributed by atoms with Gasteiger partial charge in [0.25, 0.3) is 0 Å². The predicted molar refractivity (Wildman–Crippen MR) is 146 cm³/mol. The normalized spacial score (nSPS) is 20.6. The summed E-state index contributed by atoms with van der Waals surface area (Å²) in [7, 11) is 0. The lowest BCUT2D eigenvalue weighted by Crippen LogP contribution is -2.45. The van der Waals surface area contributed by atoms with Crippen LogP contribution in [0.15, 0.2) is 60.7 Å². The van der Waals surface area contributed by atoms with Crippen LogP contribution in [0.2, 0.25) is 0 Å². The maximum atomic E-state index is 13.6. The SMILES string of the molecule is CCC1CN(C(=O)Nc2cc(F)cc(F)c2)c2ccc(-c3ccc(C4CCC(CC(=O)O)CC4)cc3)cc2O1. The first kappa shape index (κ1) is 26.7. The molecule has 3 aromatic rings. The molecule has 1 saturated carbocycles. The van der Waals surface area contributed by atoms with Gasteiger partial charge in [-0.3, -0.25) is 9.69 Å². The molecule has 0 radical (unpaired) electrons. The molecule has 1 fully saturated rings. The first-order chi connectivity index (χ1) is 18.8. The molecule has 5 rings (SSSR count). The lowest BCUT2D eigenvalue weighted by molar-refractivity contribution is -0.138. The number of rotatable bonds is 6. The zero-order valence-corrected chi connectivity index (χ0v) is 21.8. The molecule has 1 unspecified atom stereocenters. The fourth-order valence-electron chi connectivity index (χ4n) is 5.65. The number of carboxylic acids is 1. The van der Waals surface area contributed by atoms with Gasteiger partial charge in [-0.2, -0.15) is 0 Å². The summed E-state index contributed by atoms with van der Waals surface area (Å²) in [6, 6.07) is 16.6. The van der Waals surface area contributed by atoms with Crippen LogP contribution in [-0.2, 0) is 4.79 Å². The summed E-state index contributed by atoms with van der Waals surface area (Å²) in [5, 5.41) is 11.7. The Labute approximate surface area is 226 Å². The summed E-state index contributed by atoms with van der Waals surface area (Å²) in [5.74, 6) is -0.946. The first-order valence-electron chi connectivity index (χ1n) is 13.5. The molecule has 3 aromatic carbocycles. The third-order valence-corrected chi connectivity index (χ3v) is 7.77. The van der Waals surface area contributed by atoms with Crippen LogP contribution in [0, 0.1) is 17.6 Å². The van der Waals surface area contributed by atoms with Gasteiger partial charge in [-0.1, -0.05) is 37.3 Å². The summed E-state index contributed by atoms with van der Waals surface area (Å²) in [6.45, 7) is 2.29. The molecule has 1 aliphatic carbocycles. The summed E-state index contributed by atoms with van der Waals surface area (Å²) >= 11 is 0. The number of benzene rings is 3. The molecule has 8 heteroatoms. The molecule has 39 heavy (non-hydrogen) atoms. The minimum absolute atomic E-state index is 0.0469. The van der Waals surface area contributed by atoms with Crippen LogP contribution < -0.4 is 15.0 Å². The summed E-state index contributed by atoms with van der Waals surface area (Å²) in [5.41, 5.74) is 3.88. The van der Waals surface area contributed by atoms with Crippen LogP contribution in [0.25, 0.3) is 11.1 Å². The van der Waals surface area contributed by atoms with E-state index in [4.69, 9.17) is 9.84 Å². The van der Waals surface area contributed by atoms with Gasteiger partial charge in [-0.25, -0.2) is 13.6 Å². The smallest absolute Gasteiger partial charge is 0.326 e. The van der Waals surface area contributed by atoms with E-state index < -0.39 is 23.6 Å². The van der Waals surface area contributed by atoms with Gasteiger partial charge in [0, 0.05) is 18.2 Å². The average molecular weight is 535 g/mol. The molecular weight excluding hydrogens is 502 g/mol. The molecule has 1 aliphatic heterocycles. The van der Waals surface area contributed by atoms with Crippen LogP contribution in [0.3, 0.4) is 0 Å². The van der Waals surface area contributed by atoms with E-state index in [1.807, 2.05) is 25.1 Å². The quantitative estimate of drug-likeness (QED) is 0.342. The van der Waals surface area contributed by atoms with Crippen LogP contribution in [0.5, 0.6) is 5.75 Å². The number of nitrogens with one attached hydrogen (secondary N) is 1. The Morgan fingerprint density at radius 1 is 0.949 bits per heavy atom. The largest absolute Gasteiger partial charge is 0.486 e. The molecule has 2 N–H and O–H groups in total. The second-order valence-corrected chi connectivity index (χ2v) is 10.5. The highest BCUT2D eigenvalue weighted by Gasteiger charge is 2.30. The van der Waals surface area contributed by atoms with Crippen LogP contribution in [-0.4, -0.2) is 29.8 Å². The van der Waals surface area contributed by atoms with Crippen LogP contribution in [0.4, 0.5) is 25.0 Å². The second kappa shape index (κ2) is 11.4. The van der Waals surface area contributed by atoms with Gasteiger partial charge < -0.3 is 15.2 Å². The van der Waals surface area contributed by atoms with Crippen molar-refractivity contribution in [1.82, 2.24) is 0 Å². The van der Waals surface area contributed by atoms with Crippen molar-refractivity contribution >= 4 is 23.4 Å². The Balaban J connectivity index is 1.32. The van der Waals surface area contributed by atoms with Gasteiger partial charge in [-0.05, 0) is 84.9 Å². The van der Waals surface area contributed by atoms with Crippen molar-refractivity contribution in [2.75, 3.05) is 16.8 Å². The predicted octanol–water partition coefficient (Wildman–Crippen LogP) is 7.59. The molecular formula is C31H32F2N2O4. The standard InChI is InChI=1S/C31H32F2N2O4/c1-2-27-18-35(31(38)34-26-16-24(32)15-25(33)17-26)28-12-11-23(14-29(28)39-27)22-9-7-21(8-10-22)20-5-3-19(4-6-20)13-30(36)37/h7-12,14-17,19-20,27H,2-6,13,18H2,1H3,(H,34,38)(H,36,37). The van der Waals surface area contributed by atoms with Gasteiger partial charge >= 0.3 is 12.0 Å². The maximum absolute atomic E-state index is 13.6. The molecule has 1 atom stereocenters. The van der Waals surface area contributed by atoms with Gasteiger partial charge in [-0.15, -0.1) is 0 Å². The Morgan fingerprint density at radius 3 is 2.26 bits per heavy atom. The zero-order valence-electron chi connectivity index (χ0n) is 21.8. The lowest BCUT2D eigenvalue weighted by atomic mass is 9.77. The van der Waals surface area contributed by atoms with Crippen molar-refractivity contribution in [1.29, 1.82) is 0 Å². The molecule has 204 valence electrons. The van der Waals surface area contributed by atoms with Gasteiger partial charge in [0.05, 0.1) is 12.2 Å². The average Bonchev–Trinajstić information content (AvgIpc) is 2.91. The van der Waals surface area contributed by atoms with Crippen LogP contribution in [0.1, 0.15) is 56.9 Å². The number of carboxylic acid groups (broad SMARTS) is 1. The molecule has 0 aromatic heterocycles. The highest BCUT2D eigenvalue weighted by Crippen LogP contribution is 2.40. The van der Waals surface area contributed by atoms with E-state index in [0.29, 0.717) is 30.3 Å². The Morgan fingerprint density at radius 2 is 1.62 bits per heavy atom. The van der Waals surface area contributed by atoms with E-state index in [1.165, 1.54) is 5.56 Å². The maximum Gasteiger partial charge on any atom is 0.326 e. The number of ether oxygens (including phenoxy) is 1. The van der Waals surface area contributed by atoms with Gasteiger partial charge in [0.1, 0.15) is 23.5 Å². The van der Waals surface area contributed by atoms with Crippen molar-refractivity contribution in [2.24, 2.45) is 5.92 Å². The fraction of sp³-hybridized carbons (Fsp3) is 0.355. The highest BCUT2D eigenvalue weighted by molar-refractivity contribution is 6.03. The minimum atomic E-state index is -0.763. The lowest BCUT2D eigenvalue weighted by Gasteiger charge is -2.35. The number of aliphatic carboxylic acids is 1. The number of amides is 2. The topological polar surface area (TPSA) is 78.9 Å². The number of halogens is 2. The highest BCUT2D eigenvalue weighted by atomic mass is 19.1. The van der Waals surface area contributed by atoms with E-state index in [2.05, 4.69) is 29.6 Å². The molecule has 6 nitrogen and oxygen atoms in total. The van der Waals surface area contributed by atoms with E-state index in [0.717, 1.165) is 55.0 Å². The third-order valence-electron chi connectivity index (χ3n) is 7.77. The third kappa shape index (κ3) is 6.21. The first-order valence-corrected chi connectivity index (χ1v) is 13.5. The number of hydrogen-bond acceptors (Lipinski definition) is 3. The van der Waals surface area contributed by atoms with E-state index in [1.54, 1.807) is 4.90 Å². The van der Waals surface area contributed by atoms with Crippen molar-refractivity contribution in [3.8, 4) is 16.9 Å². The monoisotopic (exact) mass is 534 g/mol. The van der Waals surface area contributed by atoms with Crippen molar-refractivity contribution < 1.29 is 28.2 Å². The number of hydrogen-bond donors (Lipinski definition) is 2. The number of nitrogens with zero attached hydrogens (tertiary/aromatic N) is 1. The number of urea groups is 1. The Bertz CT molecular complexity index is 1330. The van der Waals surface area contributed by atoms with E-state index >= 15 is 0 Å². The zero-order chi connectivity index (χ0) is 27.5. The van der Waals surface area contributed by atoms with Gasteiger partial charge in [0.15, 0.2) is 0 Å². The fourth-order valence-corrected chi connectivity index (χ4v) is 5.65. The molecule has 0 saturated heterocycles. The number of carbonyl (C=O) groups is 2. The number of fused-ring (bicyclic) bond motifs is 1. The van der Waals surface area contributed by atoms with Gasteiger partial charge in [0.2, 0.25) is 0 Å².